The summed E-state index contributed by atoms with van der Waals surface area (Å²) < 4.78 is 0. The van der Waals surface area contributed by atoms with Crippen molar-refractivity contribution in [3.63, 3.8) is 0 Å². The molecule has 1 N–H and O–H groups in total. The number of aromatic nitrogens is 2. The van der Waals surface area contributed by atoms with Gasteiger partial charge < -0.3 is 5.32 Å². The number of halogens is 1. The van der Waals surface area contributed by atoms with Gasteiger partial charge in [-0.25, -0.2) is 9.97 Å². The molecule has 1 aliphatic rings. The first kappa shape index (κ1) is 10.8. The van der Waals surface area contributed by atoms with Gasteiger partial charge >= 0.3 is 0 Å². The molecule has 1 fully saturated rings. The third-order valence-electron chi connectivity index (χ3n) is 3.45. The second-order valence-electron chi connectivity index (χ2n) is 4.90. The van der Waals surface area contributed by atoms with Crippen molar-refractivity contribution in [2.75, 3.05) is 5.32 Å². The van der Waals surface area contributed by atoms with E-state index >= 15 is 0 Å². The summed E-state index contributed by atoms with van der Waals surface area (Å²) in [7, 11) is 0. The fraction of sp³-hybridized carbons (Fsp3) is 0.385. The number of fused-ring (bicyclic) bond motifs is 1. The van der Waals surface area contributed by atoms with Crippen LogP contribution in [0.5, 0.6) is 0 Å². The average molecular weight is 248 g/mol. The summed E-state index contributed by atoms with van der Waals surface area (Å²) >= 11 is 5.95. The Morgan fingerprint density at radius 3 is 2.71 bits per heavy atom. The molecule has 1 aliphatic carbocycles. The minimum atomic E-state index is 0.167. The van der Waals surface area contributed by atoms with Gasteiger partial charge in [0.2, 0.25) is 5.28 Å². The first-order chi connectivity index (χ1) is 8.16. The molecule has 17 heavy (non-hydrogen) atoms. The SMILES string of the molecule is CC1(Nc2nc(Cl)nc3ccccc23)CCC1. The molecule has 0 aliphatic heterocycles. The summed E-state index contributed by atoms with van der Waals surface area (Å²) in [6.07, 6.45) is 3.64. The van der Waals surface area contributed by atoms with E-state index in [9.17, 15) is 0 Å². The van der Waals surface area contributed by atoms with Gasteiger partial charge in [0.25, 0.3) is 0 Å². The predicted molar refractivity (Wildman–Crippen MR) is 70.4 cm³/mol. The Kier molecular flexibility index (Phi) is 2.44. The van der Waals surface area contributed by atoms with Gasteiger partial charge in [-0.05, 0) is 49.9 Å². The fourth-order valence-corrected chi connectivity index (χ4v) is 2.44. The molecule has 88 valence electrons. The second-order valence-corrected chi connectivity index (χ2v) is 5.24. The molecule has 1 aromatic heterocycles. The van der Waals surface area contributed by atoms with E-state index in [-0.39, 0.29) is 5.54 Å². The smallest absolute Gasteiger partial charge is 0.224 e. The van der Waals surface area contributed by atoms with E-state index in [0.29, 0.717) is 5.28 Å². The Labute approximate surface area is 105 Å². The van der Waals surface area contributed by atoms with Gasteiger partial charge in [-0.3, -0.25) is 0 Å². The Balaban J connectivity index is 2.08. The van der Waals surface area contributed by atoms with E-state index in [0.717, 1.165) is 16.7 Å². The van der Waals surface area contributed by atoms with Crippen molar-refractivity contribution in [1.82, 2.24) is 9.97 Å². The highest BCUT2D eigenvalue weighted by Gasteiger charge is 2.32. The van der Waals surface area contributed by atoms with E-state index in [4.69, 9.17) is 11.6 Å². The van der Waals surface area contributed by atoms with E-state index in [1.165, 1.54) is 19.3 Å². The average Bonchev–Trinajstić information content (AvgIpc) is 2.26. The zero-order chi connectivity index (χ0) is 11.9. The zero-order valence-corrected chi connectivity index (χ0v) is 10.5. The van der Waals surface area contributed by atoms with Crippen LogP contribution in [0.2, 0.25) is 5.28 Å². The van der Waals surface area contributed by atoms with Crippen LogP contribution in [-0.2, 0) is 0 Å². The van der Waals surface area contributed by atoms with Gasteiger partial charge in [0.15, 0.2) is 0 Å². The number of anilines is 1. The highest BCUT2D eigenvalue weighted by molar-refractivity contribution is 6.28. The van der Waals surface area contributed by atoms with Gasteiger partial charge in [0, 0.05) is 10.9 Å². The Morgan fingerprint density at radius 1 is 1.24 bits per heavy atom. The van der Waals surface area contributed by atoms with Crippen LogP contribution in [0.3, 0.4) is 0 Å². The van der Waals surface area contributed by atoms with Gasteiger partial charge in [-0.2, -0.15) is 0 Å². The summed E-state index contributed by atoms with van der Waals surface area (Å²) in [4.78, 5) is 8.54. The van der Waals surface area contributed by atoms with Crippen molar-refractivity contribution in [1.29, 1.82) is 0 Å². The molecular formula is C13H14ClN3. The van der Waals surface area contributed by atoms with Crippen LogP contribution in [0, 0.1) is 0 Å². The van der Waals surface area contributed by atoms with Crippen LogP contribution in [0.15, 0.2) is 24.3 Å². The Bertz CT molecular complexity index is 564. The highest BCUT2D eigenvalue weighted by atomic mass is 35.5. The number of nitrogens with zero attached hydrogens (tertiary/aromatic N) is 2. The lowest BCUT2D eigenvalue weighted by molar-refractivity contribution is 0.306. The number of para-hydroxylation sites is 1. The number of rotatable bonds is 2. The predicted octanol–water partition coefficient (Wildman–Crippen LogP) is 3.64. The minimum Gasteiger partial charge on any atom is -0.364 e. The number of hydrogen-bond donors (Lipinski definition) is 1. The summed E-state index contributed by atoms with van der Waals surface area (Å²) in [6, 6.07) is 7.93. The van der Waals surface area contributed by atoms with E-state index in [1.807, 2.05) is 24.3 Å². The molecule has 1 heterocycles. The van der Waals surface area contributed by atoms with Gasteiger partial charge in [0.1, 0.15) is 5.82 Å². The van der Waals surface area contributed by atoms with Gasteiger partial charge in [-0.15, -0.1) is 0 Å². The maximum absolute atomic E-state index is 5.95. The largest absolute Gasteiger partial charge is 0.364 e. The molecule has 0 atom stereocenters. The summed E-state index contributed by atoms with van der Waals surface area (Å²) in [6.45, 7) is 2.22. The monoisotopic (exact) mass is 247 g/mol. The molecule has 2 aromatic rings. The Hall–Kier alpha value is -1.35. The molecule has 0 amide bonds. The molecule has 1 aromatic carbocycles. The van der Waals surface area contributed by atoms with Gasteiger partial charge in [-0.1, -0.05) is 12.1 Å². The molecule has 3 nitrogen and oxygen atoms in total. The van der Waals surface area contributed by atoms with Gasteiger partial charge in [0.05, 0.1) is 5.52 Å². The maximum Gasteiger partial charge on any atom is 0.224 e. The molecule has 0 radical (unpaired) electrons. The first-order valence-electron chi connectivity index (χ1n) is 5.87. The molecule has 3 rings (SSSR count). The Morgan fingerprint density at radius 2 is 2.00 bits per heavy atom. The summed E-state index contributed by atoms with van der Waals surface area (Å²) in [5.74, 6) is 0.850. The molecular weight excluding hydrogens is 234 g/mol. The van der Waals surface area contributed by atoms with Crippen LogP contribution in [0.1, 0.15) is 26.2 Å². The molecule has 0 saturated heterocycles. The molecule has 0 bridgehead atoms. The zero-order valence-electron chi connectivity index (χ0n) is 9.70. The second kappa shape index (κ2) is 3.84. The van der Waals surface area contributed by atoms with Crippen LogP contribution in [-0.4, -0.2) is 15.5 Å². The lowest BCUT2D eigenvalue weighted by Gasteiger charge is -2.39. The summed E-state index contributed by atoms with van der Waals surface area (Å²) in [5, 5.41) is 4.84. The van der Waals surface area contributed by atoms with Crippen molar-refractivity contribution in [2.24, 2.45) is 0 Å². The van der Waals surface area contributed by atoms with Crippen molar-refractivity contribution in [2.45, 2.75) is 31.7 Å². The molecule has 0 unspecified atom stereocenters. The van der Waals surface area contributed by atoms with Crippen molar-refractivity contribution < 1.29 is 0 Å². The lowest BCUT2D eigenvalue weighted by atomic mass is 9.78. The standard InChI is InChI=1S/C13H14ClN3/c1-13(7-4-8-13)17-11-9-5-2-3-6-10(9)15-12(14)16-11/h2-3,5-6H,4,7-8H2,1H3,(H,15,16,17). The molecule has 1 saturated carbocycles. The van der Waals surface area contributed by atoms with Crippen LogP contribution >= 0.6 is 11.6 Å². The van der Waals surface area contributed by atoms with Crippen molar-refractivity contribution in [3.05, 3.63) is 29.5 Å². The molecule has 0 spiro atoms. The third kappa shape index (κ3) is 1.95. The van der Waals surface area contributed by atoms with Crippen LogP contribution in [0.4, 0.5) is 5.82 Å². The van der Waals surface area contributed by atoms with E-state index in [1.54, 1.807) is 0 Å². The minimum absolute atomic E-state index is 0.167. The summed E-state index contributed by atoms with van der Waals surface area (Å²) in [5.41, 5.74) is 1.05. The normalized spacial score (nSPS) is 17.8. The molecule has 4 heteroatoms. The maximum atomic E-state index is 5.95. The van der Waals surface area contributed by atoms with Crippen LogP contribution < -0.4 is 5.32 Å². The van der Waals surface area contributed by atoms with Crippen LogP contribution in [0.25, 0.3) is 10.9 Å². The van der Waals surface area contributed by atoms with Crippen molar-refractivity contribution >= 4 is 28.3 Å². The van der Waals surface area contributed by atoms with E-state index in [2.05, 4.69) is 22.2 Å². The number of benzene rings is 1. The number of hydrogen-bond acceptors (Lipinski definition) is 3. The third-order valence-corrected chi connectivity index (χ3v) is 3.62. The highest BCUT2D eigenvalue weighted by Crippen LogP contribution is 2.36. The lowest BCUT2D eigenvalue weighted by Crippen LogP contribution is -2.42. The van der Waals surface area contributed by atoms with E-state index < -0.39 is 0 Å². The first-order valence-corrected chi connectivity index (χ1v) is 6.25. The quantitative estimate of drug-likeness (QED) is 0.824. The number of nitrogens with one attached hydrogen (secondary N) is 1. The fourth-order valence-electron chi connectivity index (χ4n) is 2.26. The van der Waals surface area contributed by atoms with Crippen molar-refractivity contribution in [3.8, 4) is 0 Å². The topological polar surface area (TPSA) is 37.8 Å².